The number of hydrogen-bond acceptors (Lipinski definition) is 7. The van der Waals surface area contributed by atoms with Crippen LogP contribution in [0.15, 0.2) is 46.0 Å². The molecule has 3 aromatic heterocycles. The van der Waals surface area contributed by atoms with Gasteiger partial charge in [-0.25, -0.2) is 14.8 Å². The van der Waals surface area contributed by atoms with Gasteiger partial charge in [0, 0.05) is 42.9 Å². The first kappa shape index (κ1) is 31.5. The quantitative estimate of drug-likeness (QED) is 0.188. The summed E-state index contributed by atoms with van der Waals surface area (Å²) in [7, 11) is 0. The minimum Gasteiger partial charge on any atom is -0.474 e. The molecule has 11 heteroatoms. The third-order valence-electron chi connectivity index (χ3n) is 9.01. The fourth-order valence-electron chi connectivity index (χ4n) is 6.47. The molecule has 240 valence electrons. The van der Waals surface area contributed by atoms with Crippen LogP contribution in [0.25, 0.3) is 22.6 Å². The lowest BCUT2D eigenvalue weighted by atomic mass is 10.1. The average Bonchev–Trinajstić information content (AvgIpc) is 3.61. The predicted molar refractivity (Wildman–Crippen MR) is 174 cm³/mol. The smallest absolute Gasteiger partial charge is 0.332 e. The number of aryl methyl sites for hydroxylation is 2. The zero-order valence-electron chi connectivity index (χ0n) is 26.3. The van der Waals surface area contributed by atoms with E-state index >= 15 is 0 Å². The summed E-state index contributed by atoms with van der Waals surface area (Å²) >= 11 is 6.19. The second-order valence-corrected chi connectivity index (χ2v) is 12.6. The van der Waals surface area contributed by atoms with Crippen molar-refractivity contribution in [3.05, 3.63) is 73.5 Å². The van der Waals surface area contributed by atoms with Crippen LogP contribution in [0.1, 0.15) is 70.1 Å². The van der Waals surface area contributed by atoms with E-state index in [0.29, 0.717) is 66.5 Å². The van der Waals surface area contributed by atoms with Crippen molar-refractivity contribution >= 4 is 22.8 Å². The highest BCUT2D eigenvalue weighted by molar-refractivity contribution is 6.30. The number of nitrogens with zero attached hydrogens (tertiary/aromatic N) is 5. The minimum atomic E-state index is -0.379. The Bertz CT molecular complexity index is 1760. The fraction of sp³-hybridized carbons (Fsp3) is 0.529. The molecule has 0 amide bonds. The van der Waals surface area contributed by atoms with Gasteiger partial charge < -0.3 is 18.8 Å². The van der Waals surface area contributed by atoms with E-state index in [9.17, 15) is 9.59 Å². The molecule has 2 aliphatic rings. The second-order valence-electron chi connectivity index (χ2n) is 12.2. The number of aromatic nitrogens is 5. The third-order valence-corrected chi connectivity index (χ3v) is 9.26. The number of ether oxygens (including phenoxy) is 3. The zero-order valence-corrected chi connectivity index (χ0v) is 27.1. The Kier molecular flexibility index (Phi) is 9.72. The van der Waals surface area contributed by atoms with Crippen LogP contribution in [0.5, 0.6) is 5.88 Å². The van der Waals surface area contributed by atoms with Crippen molar-refractivity contribution in [1.82, 2.24) is 23.7 Å². The summed E-state index contributed by atoms with van der Waals surface area (Å²) in [5, 5.41) is 0.629. The molecule has 1 aliphatic carbocycles. The van der Waals surface area contributed by atoms with Crippen LogP contribution in [0.3, 0.4) is 0 Å². The highest BCUT2D eigenvalue weighted by Gasteiger charge is 2.27. The Balaban J connectivity index is 1.39. The number of benzene rings is 1. The van der Waals surface area contributed by atoms with E-state index in [-0.39, 0.29) is 30.2 Å². The van der Waals surface area contributed by atoms with Gasteiger partial charge in [0.15, 0.2) is 17.5 Å². The van der Waals surface area contributed by atoms with Crippen molar-refractivity contribution in [3.8, 4) is 17.3 Å². The van der Waals surface area contributed by atoms with Crippen molar-refractivity contribution in [1.29, 1.82) is 0 Å². The summed E-state index contributed by atoms with van der Waals surface area (Å²) in [6.45, 7) is 8.08. The first-order valence-electron chi connectivity index (χ1n) is 16.2. The molecule has 4 aromatic rings. The number of rotatable bonds is 11. The molecule has 0 radical (unpaired) electrons. The van der Waals surface area contributed by atoms with Crippen LogP contribution in [0.4, 0.5) is 0 Å². The van der Waals surface area contributed by atoms with Gasteiger partial charge in [-0.2, -0.15) is 0 Å². The number of fused-ring (bicyclic) bond motifs is 1. The largest absolute Gasteiger partial charge is 0.474 e. The zero-order chi connectivity index (χ0) is 31.5. The number of pyridine rings is 1. The second kappa shape index (κ2) is 13.9. The van der Waals surface area contributed by atoms with Gasteiger partial charge in [-0.1, -0.05) is 30.7 Å². The monoisotopic (exact) mass is 635 g/mol. The maximum Gasteiger partial charge on any atom is 0.332 e. The maximum absolute atomic E-state index is 14.2. The molecule has 0 bridgehead atoms. The molecule has 4 heterocycles. The average molecular weight is 636 g/mol. The predicted octanol–water partition coefficient (Wildman–Crippen LogP) is 5.95. The SMILES string of the molecule is CCn1c(=O)n(CCCOC2CCCCO2)c(=O)c2c1nc(-c1ccc(O[C@H]3CCC[C@@H]3C)nc1C)n2Cc1ccc(Cl)cc1. The first-order chi connectivity index (χ1) is 21.8. The molecule has 3 atom stereocenters. The van der Waals surface area contributed by atoms with Gasteiger partial charge in [0.1, 0.15) is 11.9 Å². The van der Waals surface area contributed by atoms with E-state index in [1.807, 2.05) is 54.8 Å². The van der Waals surface area contributed by atoms with E-state index in [1.54, 1.807) is 4.57 Å². The van der Waals surface area contributed by atoms with Crippen LogP contribution >= 0.6 is 11.6 Å². The Labute approximate surface area is 267 Å². The Morgan fingerprint density at radius 1 is 0.978 bits per heavy atom. The lowest BCUT2D eigenvalue weighted by molar-refractivity contribution is -0.163. The topological polar surface area (TPSA) is 102 Å². The number of hydrogen-bond donors (Lipinski definition) is 0. The summed E-state index contributed by atoms with van der Waals surface area (Å²) in [6.07, 6.45) is 6.79. The van der Waals surface area contributed by atoms with Crippen LogP contribution < -0.4 is 16.0 Å². The first-order valence-corrected chi connectivity index (χ1v) is 16.6. The molecule has 1 aromatic carbocycles. The van der Waals surface area contributed by atoms with Crippen molar-refractivity contribution in [2.45, 2.75) is 97.7 Å². The maximum atomic E-state index is 14.2. The van der Waals surface area contributed by atoms with Gasteiger partial charge in [-0.3, -0.25) is 13.9 Å². The summed E-state index contributed by atoms with van der Waals surface area (Å²) in [4.78, 5) is 37.6. The number of halogens is 1. The van der Waals surface area contributed by atoms with Gasteiger partial charge in [-0.05, 0) is 88.5 Å². The molecule has 45 heavy (non-hydrogen) atoms. The molecule has 10 nitrogen and oxygen atoms in total. The normalized spacial score (nSPS) is 20.2. The molecule has 0 N–H and O–H groups in total. The van der Waals surface area contributed by atoms with Crippen molar-refractivity contribution < 1.29 is 14.2 Å². The summed E-state index contributed by atoms with van der Waals surface area (Å²) in [5.41, 5.74) is 2.43. The van der Waals surface area contributed by atoms with E-state index in [0.717, 1.165) is 55.3 Å². The standard InChI is InChI=1S/C34H42ClN5O5/c1-4-38-32-30(33(41)39(34(38)42)18-8-20-44-29-11-5-6-19-43-29)40(21-24-12-14-25(35)15-13-24)31(37-32)26-16-17-28(36-23(26)3)45-27-10-7-9-22(27)2/h12-17,22,27,29H,4-11,18-21H2,1-3H3/t22-,27-,29?/m0/s1. The Morgan fingerprint density at radius 2 is 1.80 bits per heavy atom. The van der Waals surface area contributed by atoms with Crippen LogP contribution in [0, 0.1) is 12.8 Å². The lowest BCUT2D eigenvalue weighted by Gasteiger charge is -2.22. The van der Waals surface area contributed by atoms with Gasteiger partial charge >= 0.3 is 5.69 Å². The van der Waals surface area contributed by atoms with Gasteiger partial charge in [0.2, 0.25) is 5.88 Å². The van der Waals surface area contributed by atoms with Crippen LogP contribution in [0.2, 0.25) is 5.02 Å². The molecule has 1 saturated heterocycles. The minimum absolute atomic E-state index is 0.162. The Morgan fingerprint density at radius 3 is 2.49 bits per heavy atom. The highest BCUT2D eigenvalue weighted by atomic mass is 35.5. The van der Waals surface area contributed by atoms with E-state index in [4.69, 9.17) is 35.8 Å². The van der Waals surface area contributed by atoms with E-state index in [1.165, 1.54) is 4.57 Å². The Hall–Kier alpha value is -3.47. The van der Waals surface area contributed by atoms with Gasteiger partial charge in [-0.15, -0.1) is 0 Å². The van der Waals surface area contributed by atoms with E-state index < -0.39 is 0 Å². The molecule has 1 aliphatic heterocycles. The molecule has 1 unspecified atom stereocenters. The fourth-order valence-corrected chi connectivity index (χ4v) is 6.59. The lowest BCUT2D eigenvalue weighted by Crippen LogP contribution is -2.40. The van der Waals surface area contributed by atoms with Crippen molar-refractivity contribution in [2.75, 3.05) is 13.2 Å². The number of imidazole rings is 1. The molecule has 6 rings (SSSR count). The third kappa shape index (κ3) is 6.73. The summed E-state index contributed by atoms with van der Waals surface area (Å²) < 4.78 is 22.6. The van der Waals surface area contributed by atoms with E-state index in [2.05, 4.69) is 6.92 Å². The van der Waals surface area contributed by atoms with Crippen LogP contribution in [-0.2, 0) is 29.1 Å². The summed E-state index contributed by atoms with van der Waals surface area (Å²) in [5.74, 6) is 1.65. The van der Waals surface area contributed by atoms with Crippen molar-refractivity contribution in [2.24, 2.45) is 5.92 Å². The van der Waals surface area contributed by atoms with Gasteiger partial charge in [0.25, 0.3) is 5.56 Å². The summed E-state index contributed by atoms with van der Waals surface area (Å²) in [6, 6.07) is 11.3. The van der Waals surface area contributed by atoms with Crippen LogP contribution in [-0.4, -0.2) is 49.3 Å². The highest BCUT2D eigenvalue weighted by Crippen LogP contribution is 2.31. The van der Waals surface area contributed by atoms with Gasteiger partial charge in [0.05, 0.1) is 12.3 Å². The molecule has 0 spiro atoms. The molecular formula is C34H42ClN5O5. The molecule has 2 fully saturated rings. The molecular weight excluding hydrogens is 594 g/mol. The molecule has 1 saturated carbocycles. The van der Waals surface area contributed by atoms with Crippen molar-refractivity contribution in [3.63, 3.8) is 0 Å².